The summed E-state index contributed by atoms with van der Waals surface area (Å²) in [6.45, 7) is 8.55. The number of guanidine groups is 1. The summed E-state index contributed by atoms with van der Waals surface area (Å²) in [6.07, 6.45) is 1.52. The smallest absolute Gasteiger partial charge is 0.289 e. The predicted octanol–water partition coefficient (Wildman–Crippen LogP) is 2.61. The lowest BCUT2D eigenvalue weighted by Gasteiger charge is -2.36. The molecule has 2 aromatic rings. The Hall–Kier alpha value is -3.16. The second kappa shape index (κ2) is 10.6. The molecular weight excluding hydrogens is 384 g/mol. The highest BCUT2D eigenvalue weighted by Gasteiger charge is 2.25. The monoisotopic (exact) mass is 414 g/mol. The third-order valence-electron chi connectivity index (χ3n) is 4.87. The molecule has 1 aromatic heterocycles. The number of carbonyl (C=O) groups is 1. The van der Waals surface area contributed by atoms with Crippen molar-refractivity contribution in [1.82, 2.24) is 15.1 Å². The zero-order valence-corrected chi connectivity index (χ0v) is 17.9. The maximum atomic E-state index is 12.5. The van der Waals surface area contributed by atoms with Gasteiger partial charge in [0.05, 0.1) is 26.5 Å². The van der Waals surface area contributed by atoms with E-state index in [-0.39, 0.29) is 5.91 Å². The first kappa shape index (κ1) is 21.5. The Morgan fingerprint density at radius 3 is 2.53 bits per heavy atom. The minimum Gasteiger partial charge on any atom is -0.493 e. The summed E-state index contributed by atoms with van der Waals surface area (Å²) in [5.41, 5.74) is 1.04. The van der Waals surface area contributed by atoms with Crippen LogP contribution in [-0.4, -0.2) is 68.1 Å². The summed E-state index contributed by atoms with van der Waals surface area (Å²) in [4.78, 5) is 21.3. The van der Waals surface area contributed by atoms with Crippen LogP contribution in [0.15, 0.2) is 46.0 Å². The van der Waals surface area contributed by atoms with Gasteiger partial charge < -0.3 is 29.0 Å². The van der Waals surface area contributed by atoms with Crippen molar-refractivity contribution in [3.63, 3.8) is 0 Å². The van der Waals surface area contributed by atoms with Gasteiger partial charge in [-0.3, -0.25) is 4.79 Å². The average Bonchev–Trinajstić information content (AvgIpc) is 3.32. The second-order valence-corrected chi connectivity index (χ2v) is 6.84. The molecule has 0 radical (unpaired) electrons. The van der Waals surface area contributed by atoms with Crippen molar-refractivity contribution in [2.75, 3.05) is 46.4 Å². The van der Waals surface area contributed by atoms with E-state index in [0.29, 0.717) is 50.8 Å². The minimum absolute atomic E-state index is 0.0664. The van der Waals surface area contributed by atoms with Crippen molar-refractivity contribution in [1.29, 1.82) is 0 Å². The molecule has 1 aromatic carbocycles. The van der Waals surface area contributed by atoms with E-state index < -0.39 is 0 Å². The van der Waals surface area contributed by atoms with Crippen molar-refractivity contribution < 1.29 is 18.7 Å². The molecule has 0 spiro atoms. The fourth-order valence-electron chi connectivity index (χ4n) is 3.36. The lowest BCUT2D eigenvalue weighted by Crippen LogP contribution is -2.53. The summed E-state index contributed by atoms with van der Waals surface area (Å²) in [7, 11) is 1.63. The van der Waals surface area contributed by atoms with Crippen molar-refractivity contribution >= 4 is 11.9 Å². The van der Waals surface area contributed by atoms with Gasteiger partial charge in [0.2, 0.25) is 0 Å². The van der Waals surface area contributed by atoms with Gasteiger partial charge in [-0.1, -0.05) is 6.07 Å². The van der Waals surface area contributed by atoms with Gasteiger partial charge in [-0.05, 0) is 43.7 Å². The Balaban J connectivity index is 1.64. The molecule has 30 heavy (non-hydrogen) atoms. The van der Waals surface area contributed by atoms with Gasteiger partial charge in [0.25, 0.3) is 5.91 Å². The number of hydrogen-bond donors (Lipinski definition) is 1. The number of methoxy groups -OCH3 is 1. The molecule has 1 fully saturated rings. The topological polar surface area (TPSA) is 79.5 Å². The van der Waals surface area contributed by atoms with Gasteiger partial charge in [0.1, 0.15) is 0 Å². The van der Waals surface area contributed by atoms with Crippen LogP contribution >= 0.6 is 0 Å². The molecule has 0 saturated carbocycles. The van der Waals surface area contributed by atoms with Gasteiger partial charge in [0.15, 0.2) is 23.2 Å². The minimum atomic E-state index is -0.0664. The Labute approximate surface area is 177 Å². The molecule has 1 aliphatic rings. The zero-order chi connectivity index (χ0) is 21.3. The van der Waals surface area contributed by atoms with Gasteiger partial charge in [-0.15, -0.1) is 0 Å². The molecule has 0 unspecified atom stereocenters. The number of benzene rings is 1. The van der Waals surface area contributed by atoms with Gasteiger partial charge in [0, 0.05) is 32.7 Å². The second-order valence-electron chi connectivity index (χ2n) is 6.84. The standard InChI is InChI=1S/C22H30N4O4/c1-4-23-22(24-16-17-8-9-18(28-3)20(15-17)29-5-2)26-12-10-25(11-13-26)21(27)19-7-6-14-30-19/h6-9,14-15H,4-5,10-13,16H2,1-3H3,(H,23,24). The van der Waals surface area contributed by atoms with E-state index in [4.69, 9.17) is 18.9 Å². The van der Waals surface area contributed by atoms with Crippen molar-refractivity contribution in [2.24, 2.45) is 4.99 Å². The molecule has 1 amide bonds. The Morgan fingerprint density at radius 2 is 1.90 bits per heavy atom. The molecule has 0 aliphatic carbocycles. The molecule has 3 rings (SSSR count). The SMILES string of the molecule is CCNC(=NCc1ccc(OC)c(OCC)c1)N1CCN(C(=O)c2ccco2)CC1. The molecule has 1 aliphatic heterocycles. The van der Waals surface area contributed by atoms with E-state index >= 15 is 0 Å². The first-order valence-electron chi connectivity index (χ1n) is 10.3. The summed E-state index contributed by atoms with van der Waals surface area (Å²) in [5, 5.41) is 3.35. The number of piperazine rings is 1. The van der Waals surface area contributed by atoms with Gasteiger partial charge in [-0.2, -0.15) is 0 Å². The van der Waals surface area contributed by atoms with E-state index in [1.807, 2.05) is 36.9 Å². The molecule has 8 heteroatoms. The third-order valence-corrected chi connectivity index (χ3v) is 4.87. The summed E-state index contributed by atoms with van der Waals surface area (Å²) in [5.74, 6) is 2.60. The molecule has 0 bridgehead atoms. The maximum absolute atomic E-state index is 12.5. The molecule has 1 N–H and O–H groups in total. The number of carbonyl (C=O) groups excluding carboxylic acids is 1. The summed E-state index contributed by atoms with van der Waals surface area (Å²) in [6, 6.07) is 9.30. The van der Waals surface area contributed by atoms with Crippen LogP contribution < -0.4 is 14.8 Å². The number of aliphatic imine (C=N–C) groups is 1. The fraction of sp³-hybridized carbons (Fsp3) is 0.455. The Bertz CT molecular complexity index is 843. The van der Waals surface area contributed by atoms with E-state index in [1.54, 1.807) is 19.2 Å². The van der Waals surface area contributed by atoms with Crippen LogP contribution in [0.5, 0.6) is 11.5 Å². The maximum Gasteiger partial charge on any atom is 0.289 e. The van der Waals surface area contributed by atoms with Gasteiger partial charge in [-0.25, -0.2) is 4.99 Å². The lowest BCUT2D eigenvalue weighted by atomic mass is 10.2. The van der Waals surface area contributed by atoms with Crippen molar-refractivity contribution in [3.05, 3.63) is 47.9 Å². The number of hydrogen-bond acceptors (Lipinski definition) is 5. The normalized spacial score (nSPS) is 14.6. The van der Waals surface area contributed by atoms with Crippen LogP contribution in [0.3, 0.4) is 0 Å². The molecular formula is C22H30N4O4. The molecule has 162 valence electrons. The Kier molecular flexibility index (Phi) is 7.59. The quantitative estimate of drug-likeness (QED) is 0.554. The molecule has 0 atom stereocenters. The predicted molar refractivity (Wildman–Crippen MR) is 115 cm³/mol. The van der Waals surface area contributed by atoms with Gasteiger partial charge >= 0.3 is 0 Å². The van der Waals surface area contributed by atoms with E-state index in [2.05, 4.69) is 10.2 Å². The fourth-order valence-corrected chi connectivity index (χ4v) is 3.36. The van der Waals surface area contributed by atoms with Crippen LogP contribution in [0.25, 0.3) is 0 Å². The highest BCUT2D eigenvalue weighted by molar-refractivity contribution is 5.91. The lowest BCUT2D eigenvalue weighted by molar-refractivity contribution is 0.0657. The van der Waals surface area contributed by atoms with E-state index in [0.717, 1.165) is 23.8 Å². The number of ether oxygens (including phenoxy) is 2. The summed E-state index contributed by atoms with van der Waals surface area (Å²) < 4.78 is 16.2. The molecule has 1 saturated heterocycles. The van der Waals surface area contributed by atoms with Crippen molar-refractivity contribution in [3.8, 4) is 11.5 Å². The zero-order valence-electron chi connectivity index (χ0n) is 17.9. The van der Waals surface area contributed by atoms with E-state index in [1.165, 1.54) is 6.26 Å². The highest BCUT2D eigenvalue weighted by atomic mass is 16.5. The van der Waals surface area contributed by atoms with Crippen LogP contribution in [0.2, 0.25) is 0 Å². The number of furan rings is 1. The summed E-state index contributed by atoms with van der Waals surface area (Å²) >= 11 is 0. The Morgan fingerprint density at radius 1 is 1.13 bits per heavy atom. The van der Waals surface area contributed by atoms with Crippen LogP contribution in [0.1, 0.15) is 30.0 Å². The first-order valence-corrected chi connectivity index (χ1v) is 10.3. The largest absolute Gasteiger partial charge is 0.493 e. The van der Waals surface area contributed by atoms with Crippen LogP contribution in [0, 0.1) is 0 Å². The van der Waals surface area contributed by atoms with E-state index in [9.17, 15) is 4.79 Å². The van der Waals surface area contributed by atoms with Crippen LogP contribution in [-0.2, 0) is 6.54 Å². The number of rotatable bonds is 7. The highest BCUT2D eigenvalue weighted by Crippen LogP contribution is 2.28. The number of amides is 1. The van der Waals surface area contributed by atoms with Crippen LogP contribution in [0.4, 0.5) is 0 Å². The number of nitrogens with zero attached hydrogens (tertiary/aromatic N) is 3. The van der Waals surface area contributed by atoms with Crippen molar-refractivity contribution in [2.45, 2.75) is 20.4 Å². The first-order chi connectivity index (χ1) is 14.7. The molecule has 2 heterocycles. The third kappa shape index (κ3) is 5.25. The average molecular weight is 415 g/mol. The number of nitrogens with one attached hydrogen (secondary N) is 1. The molecule has 8 nitrogen and oxygen atoms in total.